The minimum atomic E-state index is -6.89. The fraction of sp³-hybridized carbons (Fsp3) is 0.353. The van der Waals surface area contributed by atoms with Gasteiger partial charge in [-0.2, -0.15) is 38.0 Å². The average Bonchev–Trinajstić information content (AvgIpc) is 2.77. The van der Waals surface area contributed by atoms with Gasteiger partial charge in [-0.15, -0.1) is 0 Å². The van der Waals surface area contributed by atoms with E-state index in [1.165, 1.54) is 6.92 Å². The maximum absolute atomic E-state index is 13.4. The van der Waals surface area contributed by atoms with Crippen molar-refractivity contribution in [1.29, 1.82) is 0 Å². The van der Waals surface area contributed by atoms with Crippen LogP contribution in [0.15, 0.2) is 36.4 Å². The van der Waals surface area contributed by atoms with Crippen molar-refractivity contribution in [3.05, 3.63) is 42.0 Å². The number of ether oxygens (including phenoxy) is 1. The first-order chi connectivity index (χ1) is 17.9. The van der Waals surface area contributed by atoms with Crippen LogP contribution in [0.5, 0.6) is 5.75 Å². The maximum atomic E-state index is 13.4. The number of halogens is 4. The molecule has 0 aliphatic rings. The first-order valence-electron chi connectivity index (χ1n) is 9.72. The molecular formula is C17H17F4O14S5-. The Morgan fingerprint density at radius 3 is 1.95 bits per heavy atom. The summed E-state index contributed by atoms with van der Waals surface area (Å²) in [5, 5.41) is -6.31. The van der Waals surface area contributed by atoms with Gasteiger partial charge in [-0.3, -0.25) is 4.21 Å². The van der Waals surface area contributed by atoms with E-state index in [0.717, 1.165) is 24.3 Å². The molecule has 0 spiro atoms. The molecule has 1 rings (SSSR count). The molecule has 14 nitrogen and oxygen atoms in total. The van der Waals surface area contributed by atoms with E-state index in [1.807, 2.05) is 0 Å². The van der Waals surface area contributed by atoms with Crippen LogP contribution in [-0.2, 0) is 64.1 Å². The smallest absolute Gasteiger partial charge is 0.404 e. The number of rotatable bonds is 14. The van der Waals surface area contributed by atoms with Gasteiger partial charge in [-0.1, -0.05) is 6.58 Å². The Balaban J connectivity index is 2.86. The Bertz CT molecular complexity index is 1640. The van der Waals surface area contributed by atoms with Gasteiger partial charge >= 0.3 is 32.0 Å². The van der Waals surface area contributed by atoms with Gasteiger partial charge < -0.3 is 13.5 Å². The molecule has 1 aromatic carbocycles. The van der Waals surface area contributed by atoms with E-state index >= 15 is 0 Å². The summed E-state index contributed by atoms with van der Waals surface area (Å²) in [7, 11) is -22.6. The largest absolute Gasteiger partial charge is 0.767 e. The van der Waals surface area contributed by atoms with Crippen molar-refractivity contribution >= 4 is 68.3 Å². The van der Waals surface area contributed by atoms with Crippen LogP contribution in [0.4, 0.5) is 17.6 Å². The molecule has 0 heterocycles. The summed E-state index contributed by atoms with van der Waals surface area (Å²) in [6, 6.07) is 3.94. The van der Waals surface area contributed by atoms with E-state index in [2.05, 4.69) is 19.1 Å². The number of sulfone groups is 1. The van der Waals surface area contributed by atoms with Crippen LogP contribution in [0.3, 0.4) is 0 Å². The summed E-state index contributed by atoms with van der Waals surface area (Å²) in [5.74, 6) is -4.93. The monoisotopic (exact) mass is 681 g/mol. The van der Waals surface area contributed by atoms with E-state index in [-0.39, 0.29) is 11.1 Å². The van der Waals surface area contributed by atoms with Crippen molar-refractivity contribution in [2.24, 2.45) is 0 Å². The lowest BCUT2D eigenvalue weighted by atomic mass is 10.2. The standard InChI is InChI=1S/C17H18F4O14S5/c1-11(2)14(22)33-15(23)12-4-6-13(7-5-12)34-38(28,29)9-3-8-37(26,27)10-39(30,31)35-40(32,16(18)19)17(20,21)36(24)25/h4-7H,1,3,8-10H2,2H3,(H,24,25)/p-1. The maximum Gasteiger partial charge on any atom is 0.404 e. The van der Waals surface area contributed by atoms with Crippen LogP contribution >= 0.6 is 0 Å². The van der Waals surface area contributed by atoms with Crippen molar-refractivity contribution in [2.75, 3.05) is 16.6 Å². The topological polar surface area (TPSA) is 221 Å². The van der Waals surface area contributed by atoms with Crippen LogP contribution in [0.25, 0.3) is 0 Å². The SMILES string of the molecule is C=C(C)C(=O)OC(=O)c1ccc(OS(=O)(=O)CCCS(=O)(=O)CS(=O)(=O)OS(=O)(=C(F)F)C(F)(F)S(=O)[O-])cc1. The third-order valence-corrected chi connectivity index (χ3v) is 12.7. The van der Waals surface area contributed by atoms with Crippen molar-refractivity contribution in [1.82, 2.24) is 0 Å². The lowest BCUT2D eigenvalue weighted by Gasteiger charge is -2.22. The van der Waals surface area contributed by atoms with Crippen LogP contribution in [0, 0.1) is 0 Å². The average molecular weight is 682 g/mol. The Labute approximate surface area is 228 Å². The predicted molar refractivity (Wildman–Crippen MR) is 129 cm³/mol. The van der Waals surface area contributed by atoms with E-state index in [9.17, 15) is 65.4 Å². The number of alkyl halides is 2. The second kappa shape index (κ2) is 13.0. The van der Waals surface area contributed by atoms with Crippen LogP contribution in [0.2, 0.25) is 0 Å². The van der Waals surface area contributed by atoms with Crippen LogP contribution < -0.4 is 4.18 Å². The Morgan fingerprint density at radius 2 is 1.50 bits per heavy atom. The summed E-state index contributed by atoms with van der Waals surface area (Å²) in [4.78, 5) is 23.2. The van der Waals surface area contributed by atoms with Crippen LogP contribution in [-0.4, -0.2) is 76.7 Å². The van der Waals surface area contributed by atoms with E-state index < -0.39 is 102 Å². The zero-order valence-electron chi connectivity index (χ0n) is 19.6. The number of carbonyl (C=O) groups is 2. The molecule has 2 unspecified atom stereocenters. The zero-order chi connectivity index (χ0) is 31.3. The highest BCUT2D eigenvalue weighted by atomic mass is 32.3. The Kier molecular flexibility index (Phi) is 11.6. The molecule has 0 N–H and O–H groups in total. The molecule has 0 aliphatic heterocycles. The second-order valence-corrected chi connectivity index (χ2v) is 16.6. The highest BCUT2D eigenvalue weighted by Gasteiger charge is 2.51. The number of esters is 2. The molecule has 0 fully saturated rings. The number of hydrogen-bond donors (Lipinski definition) is 0. The molecule has 1 aromatic rings. The normalized spacial score (nSPS) is 14.9. The van der Waals surface area contributed by atoms with Gasteiger partial charge in [0.05, 0.1) is 17.1 Å². The van der Waals surface area contributed by atoms with Crippen molar-refractivity contribution < 1.29 is 77.9 Å². The molecule has 228 valence electrons. The Morgan fingerprint density at radius 1 is 0.975 bits per heavy atom. The second-order valence-electron chi connectivity index (χ2n) is 7.30. The highest BCUT2D eigenvalue weighted by molar-refractivity contribution is 8.15. The molecule has 0 saturated heterocycles. The summed E-state index contributed by atoms with van der Waals surface area (Å²) >= 11 is -4.88. The number of hydrogen-bond acceptors (Lipinski definition) is 14. The summed E-state index contributed by atoms with van der Waals surface area (Å²) in [5.41, 5.74) is -0.265. The zero-order valence-corrected chi connectivity index (χ0v) is 23.7. The quantitative estimate of drug-likeness (QED) is 0.0380. The van der Waals surface area contributed by atoms with Gasteiger partial charge in [0.1, 0.15) is 5.75 Å². The van der Waals surface area contributed by atoms with Gasteiger partial charge in [-0.05, 0) is 37.6 Å². The lowest BCUT2D eigenvalue weighted by molar-refractivity contribution is -0.133. The molecule has 0 saturated carbocycles. The van der Waals surface area contributed by atoms with E-state index in [4.69, 9.17) is 0 Å². The number of carbonyl (C=O) groups excluding carboxylic acids is 2. The third kappa shape index (κ3) is 9.88. The van der Waals surface area contributed by atoms with Crippen molar-refractivity contribution in [3.63, 3.8) is 0 Å². The van der Waals surface area contributed by atoms with Crippen molar-refractivity contribution in [2.45, 2.75) is 17.9 Å². The molecule has 2 atom stereocenters. The van der Waals surface area contributed by atoms with Gasteiger partial charge in [0.25, 0.3) is 10.1 Å². The predicted octanol–water partition coefficient (Wildman–Crippen LogP) is 0.419. The van der Waals surface area contributed by atoms with Gasteiger partial charge in [0.15, 0.2) is 14.9 Å². The molecule has 23 heteroatoms. The lowest BCUT2D eigenvalue weighted by Crippen LogP contribution is -2.40. The first-order valence-corrected chi connectivity index (χ1v) is 17.3. The number of benzene rings is 1. The summed E-state index contributed by atoms with van der Waals surface area (Å²) < 4.78 is 163. The summed E-state index contributed by atoms with van der Waals surface area (Å²) in [6.07, 6.45) is -0.896. The van der Waals surface area contributed by atoms with E-state index in [0.29, 0.717) is 0 Å². The fourth-order valence-electron chi connectivity index (χ4n) is 2.21. The van der Waals surface area contributed by atoms with Crippen LogP contribution in [0.1, 0.15) is 23.7 Å². The minimum absolute atomic E-state index is 0.0724. The van der Waals surface area contributed by atoms with Gasteiger partial charge in [0.2, 0.25) is 9.80 Å². The molecule has 0 amide bonds. The molecule has 0 bridgehead atoms. The molecule has 0 radical (unpaired) electrons. The molecular weight excluding hydrogens is 665 g/mol. The van der Waals surface area contributed by atoms with Crippen molar-refractivity contribution in [3.8, 4) is 5.75 Å². The molecule has 0 aromatic heterocycles. The van der Waals surface area contributed by atoms with E-state index in [1.54, 1.807) is 0 Å². The Hall–Kier alpha value is -2.44. The third-order valence-electron chi connectivity index (χ3n) is 3.93. The minimum Gasteiger partial charge on any atom is -0.767 e. The molecule has 40 heavy (non-hydrogen) atoms. The molecule has 0 aliphatic carbocycles. The van der Waals surface area contributed by atoms with Gasteiger partial charge in [0, 0.05) is 16.7 Å². The summed E-state index contributed by atoms with van der Waals surface area (Å²) in [6.45, 7) is 4.55. The van der Waals surface area contributed by atoms with Gasteiger partial charge in [-0.25, -0.2) is 22.2 Å². The fourth-order valence-corrected chi connectivity index (χ4v) is 9.73. The highest BCUT2D eigenvalue weighted by Crippen LogP contribution is 2.31. The first kappa shape index (κ1) is 35.6.